The van der Waals surface area contributed by atoms with E-state index in [1.165, 1.54) is 0 Å². The quantitative estimate of drug-likeness (QED) is 0.503. The van der Waals surface area contributed by atoms with Gasteiger partial charge < -0.3 is 0 Å². The molecule has 3 heterocycles. The van der Waals surface area contributed by atoms with Gasteiger partial charge in [0.15, 0.2) is 11.5 Å². The van der Waals surface area contributed by atoms with Gasteiger partial charge in [-0.05, 0) is 12.1 Å². The Labute approximate surface area is 118 Å². The molecule has 0 fully saturated rings. The van der Waals surface area contributed by atoms with Crippen molar-refractivity contribution < 1.29 is 0 Å². The Bertz CT molecular complexity index is 926. The van der Waals surface area contributed by atoms with Gasteiger partial charge in [-0.25, -0.2) is 4.98 Å². The van der Waals surface area contributed by atoms with E-state index in [0.717, 1.165) is 22.3 Å². The smallest absolute Gasteiger partial charge is 0.170 e. The minimum Gasteiger partial charge on any atom is -0.265 e. The van der Waals surface area contributed by atoms with Crippen LogP contribution in [0.15, 0.2) is 48.9 Å². The van der Waals surface area contributed by atoms with Crippen molar-refractivity contribution in [1.29, 1.82) is 0 Å². The van der Waals surface area contributed by atoms with Crippen molar-refractivity contribution >= 4 is 28.2 Å². The molecule has 20 heavy (non-hydrogen) atoms. The number of hydrogen-bond acceptors (Lipinski definition) is 4. The van der Waals surface area contributed by atoms with E-state index in [9.17, 15) is 0 Å². The second kappa shape index (κ2) is 4.25. The van der Waals surface area contributed by atoms with Gasteiger partial charge in [-0.3, -0.25) is 9.38 Å². The molecular weight excluding hydrogens is 274 g/mol. The Hall–Kier alpha value is -2.53. The Kier molecular flexibility index (Phi) is 2.40. The topological polar surface area (TPSA) is 56.0 Å². The lowest BCUT2D eigenvalue weighted by molar-refractivity contribution is 1.08. The summed E-state index contributed by atoms with van der Waals surface area (Å²) in [6.07, 6.45) is 3.40. The molecule has 0 aliphatic heterocycles. The van der Waals surface area contributed by atoms with Crippen LogP contribution in [-0.4, -0.2) is 24.6 Å². The molecule has 0 aliphatic carbocycles. The fourth-order valence-corrected chi connectivity index (χ4v) is 2.40. The molecule has 4 aromatic rings. The molecule has 0 saturated heterocycles. The number of aromatic nitrogens is 5. The van der Waals surface area contributed by atoms with Crippen LogP contribution in [0.4, 0.5) is 0 Å². The van der Waals surface area contributed by atoms with Crippen LogP contribution in [0.2, 0.25) is 5.15 Å². The van der Waals surface area contributed by atoms with Gasteiger partial charge in [0.25, 0.3) is 0 Å². The molecule has 0 bridgehead atoms. The predicted octanol–water partition coefficient (Wildman–Crippen LogP) is 2.99. The van der Waals surface area contributed by atoms with Gasteiger partial charge in [0.05, 0.1) is 5.52 Å². The SMILES string of the molecule is Clc1cc2nnc(-c3cccc4ncccc34)n2cn1. The lowest BCUT2D eigenvalue weighted by atomic mass is 10.1. The third kappa shape index (κ3) is 1.64. The van der Waals surface area contributed by atoms with Gasteiger partial charge >= 0.3 is 0 Å². The van der Waals surface area contributed by atoms with Crippen molar-refractivity contribution in [3.8, 4) is 11.4 Å². The summed E-state index contributed by atoms with van der Waals surface area (Å²) < 4.78 is 1.81. The molecule has 0 radical (unpaired) electrons. The second-order valence-electron chi connectivity index (χ2n) is 4.34. The number of nitrogens with zero attached hydrogens (tertiary/aromatic N) is 5. The van der Waals surface area contributed by atoms with E-state index in [0.29, 0.717) is 10.8 Å². The number of benzene rings is 1. The zero-order chi connectivity index (χ0) is 13.5. The van der Waals surface area contributed by atoms with Crippen molar-refractivity contribution in [3.05, 3.63) is 54.1 Å². The zero-order valence-electron chi connectivity index (χ0n) is 10.2. The number of pyridine rings is 1. The molecule has 3 aromatic heterocycles. The first kappa shape index (κ1) is 11.3. The summed E-state index contributed by atoms with van der Waals surface area (Å²) in [6, 6.07) is 11.5. The number of rotatable bonds is 1. The molecule has 4 rings (SSSR count). The molecule has 0 spiro atoms. The van der Waals surface area contributed by atoms with Crippen molar-refractivity contribution in [2.75, 3.05) is 0 Å². The maximum absolute atomic E-state index is 5.87. The first-order valence-corrected chi connectivity index (χ1v) is 6.41. The summed E-state index contributed by atoms with van der Waals surface area (Å²) in [5.41, 5.74) is 2.55. The van der Waals surface area contributed by atoms with E-state index < -0.39 is 0 Å². The van der Waals surface area contributed by atoms with E-state index in [4.69, 9.17) is 11.6 Å². The molecule has 0 unspecified atom stereocenters. The highest BCUT2D eigenvalue weighted by Crippen LogP contribution is 2.26. The summed E-state index contributed by atoms with van der Waals surface area (Å²) >= 11 is 5.87. The van der Waals surface area contributed by atoms with E-state index in [2.05, 4.69) is 20.2 Å². The van der Waals surface area contributed by atoms with Gasteiger partial charge in [0.1, 0.15) is 11.5 Å². The highest BCUT2D eigenvalue weighted by molar-refractivity contribution is 6.29. The normalized spacial score (nSPS) is 11.2. The Balaban J connectivity index is 2.06. The van der Waals surface area contributed by atoms with Crippen molar-refractivity contribution in [1.82, 2.24) is 24.6 Å². The number of hydrogen-bond donors (Lipinski definition) is 0. The van der Waals surface area contributed by atoms with E-state index in [-0.39, 0.29) is 0 Å². The molecular formula is C14H8ClN5. The van der Waals surface area contributed by atoms with Crippen molar-refractivity contribution in [3.63, 3.8) is 0 Å². The molecule has 0 N–H and O–H groups in total. The Morgan fingerprint density at radius 3 is 2.90 bits per heavy atom. The van der Waals surface area contributed by atoms with Crippen LogP contribution < -0.4 is 0 Å². The maximum Gasteiger partial charge on any atom is 0.170 e. The number of fused-ring (bicyclic) bond motifs is 2. The van der Waals surface area contributed by atoms with Gasteiger partial charge in [-0.2, -0.15) is 0 Å². The Morgan fingerprint density at radius 2 is 1.95 bits per heavy atom. The maximum atomic E-state index is 5.87. The second-order valence-corrected chi connectivity index (χ2v) is 4.73. The summed E-state index contributed by atoms with van der Waals surface area (Å²) in [5, 5.41) is 9.80. The predicted molar refractivity (Wildman–Crippen MR) is 76.5 cm³/mol. The molecule has 0 saturated carbocycles. The van der Waals surface area contributed by atoms with Crippen LogP contribution in [0, 0.1) is 0 Å². The molecule has 6 heteroatoms. The lowest BCUT2D eigenvalue weighted by Crippen LogP contribution is -1.92. The molecule has 96 valence electrons. The molecule has 1 aromatic carbocycles. The summed E-state index contributed by atoms with van der Waals surface area (Å²) in [6.45, 7) is 0. The average Bonchev–Trinajstić information content (AvgIpc) is 2.89. The fourth-order valence-electron chi connectivity index (χ4n) is 2.25. The van der Waals surface area contributed by atoms with Crippen LogP contribution in [0.25, 0.3) is 27.9 Å². The van der Waals surface area contributed by atoms with Crippen LogP contribution in [0.1, 0.15) is 0 Å². The molecule has 5 nitrogen and oxygen atoms in total. The van der Waals surface area contributed by atoms with Gasteiger partial charge in [-0.15, -0.1) is 10.2 Å². The first-order chi connectivity index (χ1) is 9.83. The van der Waals surface area contributed by atoms with Crippen molar-refractivity contribution in [2.24, 2.45) is 0 Å². The van der Waals surface area contributed by atoms with Crippen LogP contribution >= 0.6 is 11.6 Å². The molecule has 0 aliphatic rings. The third-order valence-electron chi connectivity index (χ3n) is 3.15. The highest BCUT2D eigenvalue weighted by Gasteiger charge is 2.11. The molecule has 0 atom stereocenters. The van der Waals surface area contributed by atoms with Crippen LogP contribution in [0.5, 0.6) is 0 Å². The fraction of sp³-hybridized carbons (Fsp3) is 0. The summed E-state index contributed by atoms with van der Waals surface area (Å²) in [5.74, 6) is 0.725. The zero-order valence-corrected chi connectivity index (χ0v) is 11.0. The monoisotopic (exact) mass is 281 g/mol. The first-order valence-electron chi connectivity index (χ1n) is 6.03. The van der Waals surface area contributed by atoms with Crippen LogP contribution in [-0.2, 0) is 0 Å². The van der Waals surface area contributed by atoms with Gasteiger partial charge in [0.2, 0.25) is 0 Å². The van der Waals surface area contributed by atoms with Crippen LogP contribution in [0.3, 0.4) is 0 Å². The van der Waals surface area contributed by atoms with E-state index in [1.807, 2.05) is 34.7 Å². The van der Waals surface area contributed by atoms with E-state index in [1.54, 1.807) is 18.6 Å². The summed E-state index contributed by atoms with van der Waals surface area (Å²) in [7, 11) is 0. The summed E-state index contributed by atoms with van der Waals surface area (Å²) in [4.78, 5) is 8.43. The van der Waals surface area contributed by atoms with E-state index >= 15 is 0 Å². The highest BCUT2D eigenvalue weighted by atomic mass is 35.5. The van der Waals surface area contributed by atoms with Crippen molar-refractivity contribution in [2.45, 2.75) is 0 Å². The molecule has 0 amide bonds. The lowest BCUT2D eigenvalue weighted by Gasteiger charge is -2.04. The number of halogens is 1. The largest absolute Gasteiger partial charge is 0.265 e. The third-order valence-corrected chi connectivity index (χ3v) is 3.36. The minimum atomic E-state index is 0.399. The minimum absolute atomic E-state index is 0.399. The van der Waals surface area contributed by atoms with Gasteiger partial charge in [0, 0.05) is 23.2 Å². The Morgan fingerprint density at radius 1 is 1.00 bits per heavy atom. The van der Waals surface area contributed by atoms with Gasteiger partial charge in [-0.1, -0.05) is 29.8 Å². The standard InChI is InChI=1S/C14H8ClN5/c15-12-7-13-18-19-14(20(13)8-17-12)10-3-1-5-11-9(10)4-2-6-16-11/h1-8H. The average molecular weight is 282 g/mol.